The first kappa shape index (κ1) is 20.4. The number of anilines is 1. The van der Waals surface area contributed by atoms with Gasteiger partial charge >= 0.3 is 0 Å². The van der Waals surface area contributed by atoms with Gasteiger partial charge in [-0.2, -0.15) is 0 Å². The number of imide groups is 1. The lowest BCUT2D eigenvalue weighted by Gasteiger charge is -2.35. The molecule has 1 aliphatic heterocycles. The van der Waals surface area contributed by atoms with E-state index in [1.54, 1.807) is 30.3 Å². The highest BCUT2D eigenvalue weighted by atomic mass is 16.5. The Hall–Kier alpha value is -3.35. The third-order valence-corrected chi connectivity index (χ3v) is 5.41. The van der Waals surface area contributed by atoms with Gasteiger partial charge in [0, 0.05) is 17.7 Å². The SMILES string of the molecule is CCC1(c2ccc(NC(=O)c3ccc(OC)c(OC)c3)cc2)CCC(=O)NC1=O. The first-order valence-corrected chi connectivity index (χ1v) is 9.41. The van der Waals surface area contributed by atoms with Gasteiger partial charge in [0.2, 0.25) is 11.8 Å². The Kier molecular flexibility index (Phi) is 5.87. The largest absolute Gasteiger partial charge is 0.493 e. The van der Waals surface area contributed by atoms with E-state index >= 15 is 0 Å². The molecule has 1 unspecified atom stereocenters. The quantitative estimate of drug-likeness (QED) is 0.732. The Bertz CT molecular complexity index is 939. The Morgan fingerprint density at radius 2 is 1.76 bits per heavy atom. The van der Waals surface area contributed by atoms with Crippen LogP contribution in [0, 0.1) is 0 Å². The van der Waals surface area contributed by atoms with Crippen molar-refractivity contribution in [2.24, 2.45) is 0 Å². The monoisotopic (exact) mass is 396 g/mol. The molecular weight excluding hydrogens is 372 g/mol. The van der Waals surface area contributed by atoms with Crippen LogP contribution in [0.1, 0.15) is 42.1 Å². The average molecular weight is 396 g/mol. The van der Waals surface area contributed by atoms with Gasteiger partial charge in [0.15, 0.2) is 11.5 Å². The van der Waals surface area contributed by atoms with Crippen LogP contribution >= 0.6 is 0 Å². The number of carbonyl (C=O) groups excluding carboxylic acids is 3. The lowest BCUT2D eigenvalue weighted by Crippen LogP contribution is -2.51. The lowest BCUT2D eigenvalue weighted by atomic mass is 9.72. The number of hydrogen-bond donors (Lipinski definition) is 2. The minimum Gasteiger partial charge on any atom is -0.493 e. The molecule has 3 amide bonds. The van der Waals surface area contributed by atoms with Crippen molar-refractivity contribution in [3.8, 4) is 11.5 Å². The summed E-state index contributed by atoms with van der Waals surface area (Å²) in [5, 5.41) is 5.27. The van der Waals surface area contributed by atoms with Crippen molar-refractivity contribution in [3.05, 3.63) is 53.6 Å². The van der Waals surface area contributed by atoms with Gasteiger partial charge < -0.3 is 14.8 Å². The van der Waals surface area contributed by atoms with E-state index in [0.717, 1.165) is 5.56 Å². The van der Waals surface area contributed by atoms with Gasteiger partial charge in [-0.1, -0.05) is 19.1 Å². The van der Waals surface area contributed by atoms with Crippen molar-refractivity contribution in [1.82, 2.24) is 5.32 Å². The predicted molar refractivity (Wildman–Crippen MR) is 108 cm³/mol. The molecule has 7 heteroatoms. The maximum atomic E-state index is 12.6. The van der Waals surface area contributed by atoms with Crippen molar-refractivity contribution < 1.29 is 23.9 Å². The molecule has 0 radical (unpaired) electrons. The van der Waals surface area contributed by atoms with Crippen LogP contribution in [0.3, 0.4) is 0 Å². The van der Waals surface area contributed by atoms with Gasteiger partial charge in [0.05, 0.1) is 19.6 Å². The van der Waals surface area contributed by atoms with E-state index in [1.807, 2.05) is 19.1 Å². The number of rotatable bonds is 6. The molecule has 29 heavy (non-hydrogen) atoms. The van der Waals surface area contributed by atoms with Crippen LogP contribution in [0.4, 0.5) is 5.69 Å². The maximum absolute atomic E-state index is 12.6. The van der Waals surface area contributed by atoms with Crippen LogP contribution in [0.2, 0.25) is 0 Å². The van der Waals surface area contributed by atoms with Crippen molar-refractivity contribution >= 4 is 23.4 Å². The van der Waals surface area contributed by atoms with Crippen molar-refractivity contribution in [2.75, 3.05) is 19.5 Å². The highest BCUT2D eigenvalue weighted by Gasteiger charge is 2.42. The fraction of sp³-hybridized carbons (Fsp3) is 0.318. The second kappa shape index (κ2) is 8.34. The summed E-state index contributed by atoms with van der Waals surface area (Å²) >= 11 is 0. The fourth-order valence-corrected chi connectivity index (χ4v) is 3.62. The van der Waals surface area contributed by atoms with Gasteiger partial charge in [0.1, 0.15) is 0 Å². The molecular formula is C22H24N2O5. The van der Waals surface area contributed by atoms with Crippen LogP contribution in [-0.4, -0.2) is 31.9 Å². The summed E-state index contributed by atoms with van der Waals surface area (Å²) in [5.74, 6) is 0.224. The zero-order valence-electron chi connectivity index (χ0n) is 16.7. The number of piperidine rings is 1. The zero-order valence-corrected chi connectivity index (χ0v) is 16.7. The molecule has 3 rings (SSSR count). The summed E-state index contributed by atoms with van der Waals surface area (Å²) in [7, 11) is 3.04. The smallest absolute Gasteiger partial charge is 0.255 e. The number of ether oxygens (including phenoxy) is 2. The third kappa shape index (κ3) is 3.94. The molecule has 1 aliphatic rings. The molecule has 1 fully saturated rings. The molecule has 1 atom stereocenters. The van der Waals surface area contributed by atoms with Crippen molar-refractivity contribution in [1.29, 1.82) is 0 Å². The van der Waals surface area contributed by atoms with Crippen LogP contribution in [0.15, 0.2) is 42.5 Å². The summed E-state index contributed by atoms with van der Waals surface area (Å²) in [5.41, 5.74) is 1.14. The van der Waals surface area contributed by atoms with Gasteiger partial charge in [0.25, 0.3) is 5.91 Å². The van der Waals surface area contributed by atoms with E-state index in [2.05, 4.69) is 10.6 Å². The molecule has 7 nitrogen and oxygen atoms in total. The average Bonchev–Trinajstić information content (AvgIpc) is 2.74. The van der Waals surface area contributed by atoms with Gasteiger partial charge in [-0.05, 0) is 48.7 Å². The second-order valence-electron chi connectivity index (χ2n) is 6.91. The maximum Gasteiger partial charge on any atom is 0.255 e. The molecule has 2 aromatic rings. The van der Waals surface area contributed by atoms with E-state index < -0.39 is 5.41 Å². The minimum absolute atomic E-state index is 0.238. The van der Waals surface area contributed by atoms with E-state index in [1.165, 1.54) is 14.2 Å². The normalized spacial score (nSPS) is 18.7. The Labute approximate surface area is 169 Å². The lowest BCUT2D eigenvalue weighted by molar-refractivity contribution is -0.138. The van der Waals surface area contributed by atoms with Crippen LogP contribution in [-0.2, 0) is 15.0 Å². The van der Waals surface area contributed by atoms with Gasteiger partial charge in [-0.25, -0.2) is 0 Å². The molecule has 152 valence electrons. The Balaban J connectivity index is 1.78. The van der Waals surface area contributed by atoms with E-state index in [4.69, 9.17) is 9.47 Å². The number of amides is 3. The minimum atomic E-state index is -0.722. The van der Waals surface area contributed by atoms with Crippen LogP contribution in [0.25, 0.3) is 0 Å². The Morgan fingerprint density at radius 1 is 1.07 bits per heavy atom. The summed E-state index contributed by atoms with van der Waals surface area (Å²) < 4.78 is 10.4. The third-order valence-electron chi connectivity index (χ3n) is 5.41. The van der Waals surface area contributed by atoms with Gasteiger partial charge in [-0.3, -0.25) is 19.7 Å². The highest BCUT2D eigenvalue weighted by molar-refractivity contribution is 6.05. The van der Waals surface area contributed by atoms with E-state index in [9.17, 15) is 14.4 Å². The highest BCUT2D eigenvalue weighted by Crippen LogP contribution is 2.36. The summed E-state index contributed by atoms with van der Waals surface area (Å²) in [4.78, 5) is 36.6. The zero-order chi connectivity index (χ0) is 21.0. The number of methoxy groups -OCH3 is 2. The fourth-order valence-electron chi connectivity index (χ4n) is 3.62. The van der Waals surface area contributed by atoms with Crippen molar-refractivity contribution in [3.63, 3.8) is 0 Å². The molecule has 0 aromatic heterocycles. The standard InChI is InChI=1S/C22H24N2O5/c1-4-22(12-11-19(25)24-21(22)27)15-6-8-16(9-7-15)23-20(26)14-5-10-17(28-2)18(13-14)29-3/h5-10,13H,4,11-12H2,1-3H3,(H,23,26)(H,24,25,27). The number of nitrogens with one attached hydrogen (secondary N) is 2. The molecule has 2 aromatic carbocycles. The molecule has 1 saturated heterocycles. The number of hydrogen-bond acceptors (Lipinski definition) is 5. The molecule has 1 heterocycles. The first-order chi connectivity index (χ1) is 13.9. The molecule has 0 aliphatic carbocycles. The van der Waals surface area contributed by atoms with Crippen LogP contribution in [0.5, 0.6) is 11.5 Å². The van der Waals surface area contributed by atoms with Gasteiger partial charge in [-0.15, -0.1) is 0 Å². The summed E-state index contributed by atoms with van der Waals surface area (Å²) in [6.45, 7) is 1.93. The van der Waals surface area contributed by atoms with E-state index in [0.29, 0.717) is 42.0 Å². The second-order valence-corrected chi connectivity index (χ2v) is 6.91. The summed E-state index contributed by atoms with van der Waals surface area (Å²) in [6.07, 6.45) is 1.38. The predicted octanol–water partition coefficient (Wildman–Crippen LogP) is 3.04. The number of benzene rings is 2. The van der Waals surface area contributed by atoms with Crippen molar-refractivity contribution in [2.45, 2.75) is 31.6 Å². The summed E-state index contributed by atoms with van der Waals surface area (Å²) in [6, 6.07) is 12.1. The molecule has 0 saturated carbocycles. The molecule has 2 N–H and O–H groups in total. The van der Waals surface area contributed by atoms with Crippen LogP contribution < -0.4 is 20.1 Å². The first-order valence-electron chi connectivity index (χ1n) is 9.41. The van der Waals surface area contributed by atoms with E-state index in [-0.39, 0.29) is 17.7 Å². The topological polar surface area (TPSA) is 93.7 Å². The Morgan fingerprint density at radius 3 is 2.34 bits per heavy atom. The number of carbonyl (C=O) groups is 3. The molecule has 0 bridgehead atoms. The molecule has 0 spiro atoms.